The minimum absolute atomic E-state index is 0. The van der Waals surface area contributed by atoms with Gasteiger partial charge < -0.3 is 25.2 Å². The molecule has 0 spiro atoms. The summed E-state index contributed by atoms with van der Waals surface area (Å²) in [6.07, 6.45) is 0.987. The van der Waals surface area contributed by atoms with Crippen LogP contribution in [-0.2, 0) is 13.2 Å². The fraction of sp³-hybridized carbons (Fsp3) is 0.400. The Morgan fingerprint density at radius 1 is 0.964 bits per heavy atom. The fourth-order valence-electron chi connectivity index (χ4n) is 2.49. The molecule has 0 saturated heterocycles. The van der Waals surface area contributed by atoms with E-state index in [0.29, 0.717) is 23.6 Å². The highest BCUT2D eigenvalue weighted by Crippen LogP contribution is 2.29. The van der Waals surface area contributed by atoms with Crippen LogP contribution in [0.1, 0.15) is 17.5 Å². The first-order valence-electron chi connectivity index (χ1n) is 8.80. The number of halogens is 3. The molecule has 2 rings (SSSR count). The van der Waals surface area contributed by atoms with Gasteiger partial charge in [0, 0.05) is 18.7 Å². The van der Waals surface area contributed by atoms with E-state index in [1.807, 2.05) is 18.2 Å². The number of nitrogens with one attached hydrogen (secondary N) is 2. The van der Waals surface area contributed by atoms with E-state index in [4.69, 9.17) is 14.6 Å². The van der Waals surface area contributed by atoms with Crippen LogP contribution in [0.2, 0.25) is 0 Å². The summed E-state index contributed by atoms with van der Waals surface area (Å²) in [5.74, 6) is 0.943. The van der Waals surface area contributed by atoms with Gasteiger partial charge in [0.15, 0.2) is 11.5 Å². The largest absolute Gasteiger partial charge is 0.493 e. The van der Waals surface area contributed by atoms with Gasteiger partial charge in [-0.15, -0.1) is 24.8 Å². The van der Waals surface area contributed by atoms with Crippen molar-refractivity contribution in [3.8, 4) is 11.5 Å². The SMILES string of the molecule is COc1cc(CNCCCNCCO)ccc1OCc1ccccc1F.Cl.Cl. The number of rotatable bonds is 12. The first kappa shape index (κ1) is 26.4. The van der Waals surface area contributed by atoms with Gasteiger partial charge in [0.2, 0.25) is 0 Å². The molecule has 0 fully saturated rings. The van der Waals surface area contributed by atoms with E-state index < -0.39 is 0 Å². The lowest BCUT2D eigenvalue weighted by Gasteiger charge is -2.13. The molecule has 5 nitrogen and oxygen atoms in total. The Balaban J connectivity index is 0.00000364. The summed E-state index contributed by atoms with van der Waals surface area (Å²) in [6, 6.07) is 12.3. The molecule has 2 aromatic rings. The summed E-state index contributed by atoms with van der Waals surface area (Å²) in [6.45, 7) is 3.43. The molecular formula is C20H29Cl2FN2O3. The van der Waals surface area contributed by atoms with Crippen LogP contribution < -0.4 is 20.1 Å². The van der Waals surface area contributed by atoms with Gasteiger partial charge in [-0.1, -0.05) is 24.3 Å². The Morgan fingerprint density at radius 3 is 2.43 bits per heavy atom. The Hall–Kier alpha value is -1.57. The molecule has 28 heavy (non-hydrogen) atoms. The quantitative estimate of drug-likeness (QED) is 0.447. The molecule has 3 N–H and O–H groups in total. The molecule has 2 aromatic carbocycles. The lowest BCUT2D eigenvalue weighted by Crippen LogP contribution is -2.23. The number of ether oxygens (including phenoxy) is 2. The number of hydrogen-bond donors (Lipinski definition) is 3. The predicted molar refractivity (Wildman–Crippen MR) is 115 cm³/mol. The highest BCUT2D eigenvalue weighted by Gasteiger charge is 2.08. The maximum atomic E-state index is 13.7. The molecule has 0 heterocycles. The van der Waals surface area contributed by atoms with Crippen LogP contribution in [0.3, 0.4) is 0 Å². The van der Waals surface area contributed by atoms with Gasteiger partial charge in [-0.2, -0.15) is 0 Å². The van der Waals surface area contributed by atoms with Crippen molar-refractivity contribution in [3.63, 3.8) is 0 Å². The van der Waals surface area contributed by atoms with Crippen molar-refractivity contribution in [2.24, 2.45) is 0 Å². The standard InChI is InChI=1S/C20H27FN2O3.2ClH/c1-25-20-13-16(14-23-10-4-9-22-11-12-24)7-8-19(20)26-15-17-5-2-3-6-18(17)21;;/h2-3,5-8,13,22-24H,4,9-12,14-15H2,1H3;2*1H. The van der Waals surface area contributed by atoms with E-state index in [0.717, 1.165) is 31.6 Å². The molecule has 0 amide bonds. The summed E-state index contributed by atoms with van der Waals surface area (Å²) >= 11 is 0. The molecule has 0 unspecified atom stereocenters. The Kier molecular flexibility index (Phi) is 14.5. The second kappa shape index (κ2) is 15.4. The molecule has 0 atom stereocenters. The van der Waals surface area contributed by atoms with Crippen molar-refractivity contribution < 1.29 is 19.0 Å². The summed E-state index contributed by atoms with van der Waals surface area (Å²) in [5.41, 5.74) is 1.60. The Labute approximate surface area is 178 Å². The maximum Gasteiger partial charge on any atom is 0.161 e. The van der Waals surface area contributed by atoms with Gasteiger partial charge in [0.1, 0.15) is 12.4 Å². The molecule has 0 aliphatic heterocycles. The zero-order chi connectivity index (χ0) is 18.6. The molecule has 8 heteroatoms. The Bertz CT molecular complexity index is 678. The van der Waals surface area contributed by atoms with Crippen LogP contribution in [0.4, 0.5) is 4.39 Å². The number of aliphatic hydroxyl groups excluding tert-OH is 1. The topological polar surface area (TPSA) is 62.8 Å². The van der Waals surface area contributed by atoms with Gasteiger partial charge >= 0.3 is 0 Å². The smallest absolute Gasteiger partial charge is 0.161 e. The normalized spacial score (nSPS) is 9.96. The molecule has 0 aromatic heterocycles. The summed E-state index contributed by atoms with van der Waals surface area (Å²) < 4.78 is 24.8. The number of benzene rings is 2. The third-order valence-electron chi connectivity index (χ3n) is 3.89. The van der Waals surface area contributed by atoms with E-state index in [1.54, 1.807) is 25.3 Å². The van der Waals surface area contributed by atoms with Crippen LogP contribution in [0.5, 0.6) is 11.5 Å². The highest BCUT2D eigenvalue weighted by atomic mass is 35.5. The lowest BCUT2D eigenvalue weighted by atomic mass is 10.2. The van der Waals surface area contributed by atoms with E-state index in [1.165, 1.54) is 6.07 Å². The van der Waals surface area contributed by atoms with Crippen LogP contribution in [0, 0.1) is 5.82 Å². The van der Waals surface area contributed by atoms with E-state index >= 15 is 0 Å². The van der Waals surface area contributed by atoms with Crippen molar-refractivity contribution in [2.75, 3.05) is 33.4 Å². The van der Waals surface area contributed by atoms with Crippen LogP contribution >= 0.6 is 24.8 Å². The number of hydrogen-bond acceptors (Lipinski definition) is 5. The van der Waals surface area contributed by atoms with Gasteiger partial charge in [-0.05, 0) is 43.3 Å². The molecule has 0 bridgehead atoms. The molecule has 0 aliphatic carbocycles. The van der Waals surface area contributed by atoms with Gasteiger partial charge in [-0.3, -0.25) is 0 Å². The third-order valence-corrected chi connectivity index (χ3v) is 3.89. The number of methoxy groups -OCH3 is 1. The third kappa shape index (κ3) is 9.08. The van der Waals surface area contributed by atoms with Crippen LogP contribution in [0.25, 0.3) is 0 Å². The highest BCUT2D eigenvalue weighted by molar-refractivity contribution is 5.85. The van der Waals surface area contributed by atoms with Gasteiger partial charge in [-0.25, -0.2) is 4.39 Å². The first-order chi connectivity index (χ1) is 12.7. The summed E-state index contributed by atoms with van der Waals surface area (Å²) in [4.78, 5) is 0. The zero-order valence-corrected chi connectivity index (χ0v) is 17.6. The van der Waals surface area contributed by atoms with Crippen molar-refractivity contribution >= 4 is 24.8 Å². The number of aliphatic hydroxyl groups is 1. The molecule has 0 saturated carbocycles. The van der Waals surface area contributed by atoms with Gasteiger partial charge in [0.05, 0.1) is 13.7 Å². The second-order valence-corrected chi connectivity index (χ2v) is 5.87. The van der Waals surface area contributed by atoms with Crippen molar-refractivity contribution in [3.05, 3.63) is 59.4 Å². The van der Waals surface area contributed by atoms with Crippen LogP contribution in [0.15, 0.2) is 42.5 Å². The molecule has 0 aliphatic rings. The van der Waals surface area contributed by atoms with Crippen molar-refractivity contribution in [2.45, 2.75) is 19.6 Å². The predicted octanol–water partition coefficient (Wildman–Crippen LogP) is 3.32. The van der Waals surface area contributed by atoms with E-state index in [2.05, 4.69) is 10.6 Å². The maximum absolute atomic E-state index is 13.7. The summed E-state index contributed by atoms with van der Waals surface area (Å²) in [7, 11) is 1.59. The van der Waals surface area contributed by atoms with Gasteiger partial charge in [0.25, 0.3) is 0 Å². The average Bonchev–Trinajstić information content (AvgIpc) is 2.67. The lowest BCUT2D eigenvalue weighted by molar-refractivity contribution is 0.279. The monoisotopic (exact) mass is 434 g/mol. The Morgan fingerprint density at radius 2 is 1.71 bits per heavy atom. The fourth-order valence-corrected chi connectivity index (χ4v) is 2.49. The average molecular weight is 435 g/mol. The van der Waals surface area contributed by atoms with Crippen LogP contribution in [-0.4, -0.2) is 38.5 Å². The molecule has 158 valence electrons. The van der Waals surface area contributed by atoms with E-state index in [9.17, 15) is 4.39 Å². The first-order valence-corrected chi connectivity index (χ1v) is 8.80. The minimum atomic E-state index is -0.277. The van der Waals surface area contributed by atoms with Crippen molar-refractivity contribution in [1.82, 2.24) is 10.6 Å². The zero-order valence-electron chi connectivity index (χ0n) is 15.9. The second-order valence-electron chi connectivity index (χ2n) is 5.87. The summed E-state index contributed by atoms with van der Waals surface area (Å²) in [5, 5.41) is 15.2. The van der Waals surface area contributed by atoms with Crippen molar-refractivity contribution in [1.29, 1.82) is 0 Å². The molecule has 0 radical (unpaired) electrons. The van der Waals surface area contributed by atoms with E-state index in [-0.39, 0.29) is 43.8 Å². The molecular weight excluding hydrogens is 406 g/mol. The minimum Gasteiger partial charge on any atom is -0.493 e.